The lowest BCUT2D eigenvalue weighted by Crippen LogP contribution is -2.04. The topological polar surface area (TPSA) is 37.8 Å². The van der Waals surface area contributed by atoms with Gasteiger partial charge in [0, 0.05) is 23.2 Å². The third kappa shape index (κ3) is 3.47. The van der Waals surface area contributed by atoms with E-state index in [1.54, 1.807) is 11.8 Å². The summed E-state index contributed by atoms with van der Waals surface area (Å²) in [4.78, 5) is 10.4. The van der Waals surface area contributed by atoms with Crippen molar-refractivity contribution < 1.29 is 0 Å². The Bertz CT molecular complexity index is 582. The van der Waals surface area contributed by atoms with Crippen LogP contribution in [0.15, 0.2) is 29.2 Å². The Morgan fingerprint density at radius 2 is 1.95 bits per heavy atom. The first-order valence-electron chi connectivity index (χ1n) is 6.31. The van der Waals surface area contributed by atoms with E-state index in [0.717, 1.165) is 28.7 Å². The molecule has 2 aromatic rings. The van der Waals surface area contributed by atoms with Crippen molar-refractivity contribution >= 4 is 17.6 Å². The first-order chi connectivity index (χ1) is 9.10. The van der Waals surface area contributed by atoms with Crippen LogP contribution >= 0.6 is 11.8 Å². The lowest BCUT2D eigenvalue weighted by Gasteiger charge is -2.09. The number of aryl methyl sites for hydroxylation is 2. The van der Waals surface area contributed by atoms with Gasteiger partial charge in [-0.05, 0) is 32.9 Å². The molecule has 0 atom stereocenters. The molecule has 0 radical (unpaired) electrons. The lowest BCUT2D eigenvalue weighted by atomic mass is 10.2. The largest absolute Gasteiger partial charge is 0.373 e. The van der Waals surface area contributed by atoms with Crippen LogP contribution in [0.4, 0.5) is 5.82 Å². The van der Waals surface area contributed by atoms with Crippen LogP contribution in [0.2, 0.25) is 0 Å². The van der Waals surface area contributed by atoms with Crippen LogP contribution in [0.5, 0.6) is 0 Å². The average molecular weight is 273 g/mol. The van der Waals surface area contributed by atoms with Crippen LogP contribution < -0.4 is 5.32 Å². The second-order valence-electron chi connectivity index (χ2n) is 4.55. The van der Waals surface area contributed by atoms with Gasteiger partial charge in [-0.2, -0.15) is 0 Å². The molecule has 19 heavy (non-hydrogen) atoms. The molecular formula is C15H19N3S. The normalized spacial score (nSPS) is 10.5. The van der Waals surface area contributed by atoms with Crippen molar-refractivity contribution in [2.45, 2.75) is 31.4 Å². The maximum Gasteiger partial charge on any atom is 0.141 e. The predicted octanol–water partition coefficient (Wildman–Crippen LogP) is 3.74. The highest BCUT2D eigenvalue weighted by molar-refractivity contribution is 7.98. The summed E-state index contributed by atoms with van der Waals surface area (Å²) in [5.41, 5.74) is 3.44. The van der Waals surface area contributed by atoms with E-state index < -0.39 is 0 Å². The first-order valence-corrected chi connectivity index (χ1v) is 7.30. The molecular weight excluding hydrogens is 254 g/mol. The van der Waals surface area contributed by atoms with Gasteiger partial charge in [0.15, 0.2) is 0 Å². The van der Waals surface area contributed by atoms with Gasteiger partial charge in [0.1, 0.15) is 11.6 Å². The number of hydrogen-bond donors (Lipinski definition) is 1. The number of hydrogen-bond acceptors (Lipinski definition) is 4. The number of thioether (sulfide) groups is 1. The zero-order valence-corrected chi connectivity index (χ0v) is 12.6. The standard InChI is InChI=1S/C15H19N3S/c1-10-6-5-7-13(8-10)19-9-14-17-12(3)11(2)15(16-4)18-14/h5-8H,9H2,1-4H3,(H,16,17,18). The molecule has 0 aliphatic heterocycles. The maximum absolute atomic E-state index is 4.55. The van der Waals surface area contributed by atoms with E-state index in [1.807, 2.05) is 20.9 Å². The number of anilines is 1. The maximum atomic E-state index is 4.55. The third-order valence-corrected chi connectivity index (χ3v) is 4.02. The summed E-state index contributed by atoms with van der Waals surface area (Å²) in [6.07, 6.45) is 0. The van der Waals surface area contributed by atoms with Gasteiger partial charge in [0.2, 0.25) is 0 Å². The van der Waals surface area contributed by atoms with Crippen LogP contribution in [-0.2, 0) is 5.75 Å². The zero-order chi connectivity index (χ0) is 13.8. The van der Waals surface area contributed by atoms with Crippen LogP contribution in [0.1, 0.15) is 22.6 Å². The van der Waals surface area contributed by atoms with E-state index >= 15 is 0 Å². The minimum Gasteiger partial charge on any atom is -0.373 e. The van der Waals surface area contributed by atoms with E-state index in [2.05, 4.69) is 46.5 Å². The monoisotopic (exact) mass is 273 g/mol. The van der Waals surface area contributed by atoms with Gasteiger partial charge in [-0.15, -0.1) is 11.8 Å². The van der Waals surface area contributed by atoms with E-state index in [9.17, 15) is 0 Å². The first kappa shape index (κ1) is 13.9. The smallest absolute Gasteiger partial charge is 0.141 e. The quantitative estimate of drug-likeness (QED) is 0.861. The molecule has 0 unspecified atom stereocenters. The molecule has 0 fully saturated rings. The average Bonchev–Trinajstić information content (AvgIpc) is 2.40. The van der Waals surface area contributed by atoms with Crippen molar-refractivity contribution in [2.24, 2.45) is 0 Å². The van der Waals surface area contributed by atoms with E-state index in [4.69, 9.17) is 0 Å². The number of rotatable bonds is 4. The van der Waals surface area contributed by atoms with Crippen molar-refractivity contribution in [3.63, 3.8) is 0 Å². The van der Waals surface area contributed by atoms with Gasteiger partial charge in [-0.25, -0.2) is 9.97 Å². The molecule has 0 aliphatic rings. The summed E-state index contributed by atoms with van der Waals surface area (Å²) in [5, 5.41) is 3.12. The fourth-order valence-corrected chi connectivity index (χ4v) is 2.72. The van der Waals surface area contributed by atoms with E-state index in [-0.39, 0.29) is 0 Å². The number of nitrogens with zero attached hydrogens (tertiary/aromatic N) is 2. The second-order valence-corrected chi connectivity index (χ2v) is 5.60. The molecule has 1 N–H and O–H groups in total. The van der Waals surface area contributed by atoms with Gasteiger partial charge in [-0.1, -0.05) is 17.7 Å². The number of benzene rings is 1. The van der Waals surface area contributed by atoms with Gasteiger partial charge in [0.25, 0.3) is 0 Å². The Labute approximate surface area is 118 Å². The number of aromatic nitrogens is 2. The molecule has 0 spiro atoms. The van der Waals surface area contributed by atoms with Crippen molar-refractivity contribution in [3.8, 4) is 0 Å². The van der Waals surface area contributed by atoms with E-state index in [0.29, 0.717) is 0 Å². The zero-order valence-electron chi connectivity index (χ0n) is 11.8. The minimum atomic E-state index is 0.791. The molecule has 1 aromatic carbocycles. The Balaban J connectivity index is 2.13. The fraction of sp³-hybridized carbons (Fsp3) is 0.333. The van der Waals surface area contributed by atoms with Crippen molar-refractivity contribution in [1.82, 2.24) is 9.97 Å². The third-order valence-electron chi connectivity index (χ3n) is 3.03. The summed E-state index contributed by atoms with van der Waals surface area (Å²) in [7, 11) is 1.90. The predicted molar refractivity (Wildman–Crippen MR) is 81.8 cm³/mol. The highest BCUT2D eigenvalue weighted by Gasteiger charge is 2.07. The van der Waals surface area contributed by atoms with Crippen molar-refractivity contribution in [3.05, 3.63) is 46.9 Å². The second kappa shape index (κ2) is 6.06. The molecule has 0 bridgehead atoms. The van der Waals surface area contributed by atoms with Crippen LogP contribution in [0, 0.1) is 20.8 Å². The summed E-state index contributed by atoms with van der Waals surface area (Å²) >= 11 is 1.77. The van der Waals surface area contributed by atoms with Crippen LogP contribution in [0.25, 0.3) is 0 Å². The lowest BCUT2D eigenvalue weighted by molar-refractivity contribution is 0.974. The molecule has 1 heterocycles. The molecule has 0 amide bonds. The van der Waals surface area contributed by atoms with E-state index in [1.165, 1.54) is 10.5 Å². The fourth-order valence-electron chi connectivity index (χ4n) is 1.85. The molecule has 0 aliphatic carbocycles. The minimum absolute atomic E-state index is 0.791. The Morgan fingerprint density at radius 1 is 1.16 bits per heavy atom. The van der Waals surface area contributed by atoms with Gasteiger partial charge < -0.3 is 5.32 Å². The summed E-state index contributed by atoms with van der Waals surface area (Å²) < 4.78 is 0. The highest BCUT2D eigenvalue weighted by Crippen LogP contribution is 2.23. The summed E-state index contributed by atoms with van der Waals surface area (Å²) in [6, 6.07) is 8.50. The SMILES string of the molecule is CNc1nc(CSc2cccc(C)c2)nc(C)c1C. The Hall–Kier alpha value is -1.55. The molecule has 0 saturated heterocycles. The summed E-state index contributed by atoms with van der Waals surface area (Å²) in [6.45, 7) is 6.17. The highest BCUT2D eigenvalue weighted by atomic mass is 32.2. The summed E-state index contributed by atoms with van der Waals surface area (Å²) in [5.74, 6) is 2.59. The van der Waals surface area contributed by atoms with Gasteiger partial charge >= 0.3 is 0 Å². The molecule has 0 saturated carbocycles. The molecule has 4 heteroatoms. The Morgan fingerprint density at radius 3 is 2.63 bits per heavy atom. The van der Waals surface area contributed by atoms with Crippen LogP contribution in [-0.4, -0.2) is 17.0 Å². The molecule has 1 aromatic heterocycles. The Kier molecular flexibility index (Phi) is 4.43. The molecule has 2 rings (SSSR count). The van der Waals surface area contributed by atoms with Crippen molar-refractivity contribution in [1.29, 1.82) is 0 Å². The van der Waals surface area contributed by atoms with Gasteiger partial charge in [-0.3, -0.25) is 0 Å². The number of nitrogens with one attached hydrogen (secondary N) is 1. The van der Waals surface area contributed by atoms with Crippen LogP contribution in [0.3, 0.4) is 0 Å². The van der Waals surface area contributed by atoms with Crippen molar-refractivity contribution in [2.75, 3.05) is 12.4 Å². The molecule has 3 nitrogen and oxygen atoms in total. The van der Waals surface area contributed by atoms with Gasteiger partial charge in [0.05, 0.1) is 5.75 Å². The molecule has 100 valence electrons.